The van der Waals surface area contributed by atoms with E-state index in [9.17, 15) is 18.9 Å². The van der Waals surface area contributed by atoms with Crippen LogP contribution in [-0.2, 0) is 0 Å². The molecular formula is C6H2BrClF2N2O2. The van der Waals surface area contributed by atoms with Crippen molar-refractivity contribution in [1.82, 2.24) is 4.98 Å². The lowest BCUT2D eigenvalue weighted by Gasteiger charge is -2.01. The zero-order valence-corrected chi connectivity index (χ0v) is 8.72. The lowest BCUT2D eigenvalue weighted by atomic mass is 10.3. The molecule has 0 atom stereocenters. The average Bonchev–Trinajstić information content (AvgIpc) is 2.08. The van der Waals surface area contributed by atoms with Crippen molar-refractivity contribution in [3.63, 3.8) is 0 Å². The van der Waals surface area contributed by atoms with Crippen LogP contribution in [-0.4, -0.2) is 9.91 Å². The molecule has 0 spiro atoms. The van der Waals surface area contributed by atoms with E-state index in [2.05, 4.69) is 20.9 Å². The second-order valence-corrected chi connectivity index (χ2v) is 3.44. The third-order valence-electron chi connectivity index (χ3n) is 1.35. The number of hydrogen-bond acceptors (Lipinski definition) is 3. The van der Waals surface area contributed by atoms with E-state index >= 15 is 0 Å². The molecule has 1 rings (SSSR count). The molecule has 0 aliphatic rings. The number of halogens is 4. The smallest absolute Gasteiger partial charge is 0.358 e. The zero-order valence-electron chi connectivity index (χ0n) is 6.38. The highest BCUT2D eigenvalue weighted by molar-refractivity contribution is 9.10. The van der Waals surface area contributed by atoms with E-state index in [1.807, 2.05) is 0 Å². The molecular weight excluding hydrogens is 285 g/mol. The Balaban J connectivity index is 3.39. The second kappa shape index (κ2) is 4.14. The summed E-state index contributed by atoms with van der Waals surface area (Å²) in [4.78, 5) is 12.6. The summed E-state index contributed by atoms with van der Waals surface area (Å²) in [6, 6.07) is 0.887. The van der Waals surface area contributed by atoms with Crippen LogP contribution in [0.1, 0.15) is 12.0 Å². The van der Waals surface area contributed by atoms with Crippen LogP contribution in [0.4, 0.5) is 14.6 Å². The molecule has 0 aliphatic carbocycles. The molecule has 0 radical (unpaired) electrons. The number of rotatable bonds is 2. The van der Waals surface area contributed by atoms with Crippen molar-refractivity contribution in [3.8, 4) is 0 Å². The molecule has 0 saturated heterocycles. The number of aromatic nitrogens is 1. The van der Waals surface area contributed by atoms with Crippen molar-refractivity contribution >= 4 is 33.3 Å². The molecule has 0 amide bonds. The van der Waals surface area contributed by atoms with Gasteiger partial charge < -0.3 is 10.1 Å². The van der Waals surface area contributed by atoms with Gasteiger partial charge in [0, 0.05) is 0 Å². The maximum atomic E-state index is 12.3. The monoisotopic (exact) mass is 286 g/mol. The van der Waals surface area contributed by atoms with Gasteiger partial charge in [-0.2, -0.15) is 0 Å². The van der Waals surface area contributed by atoms with Crippen molar-refractivity contribution in [1.29, 1.82) is 0 Å². The van der Waals surface area contributed by atoms with Crippen LogP contribution >= 0.6 is 27.5 Å². The van der Waals surface area contributed by atoms with E-state index < -0.39 is 22.7 Å². The number of nitrogens with zero attached hydrogens (tertiary/aromatic N) is 2. The van der Waals surface area contributed by atoms with Gasteiger partial charge in [0.15, 0.2) is 0 Å². The third-order valence-corrected chi connectivity index (χ3v) is 2.47. The first kappa shape index (κ1) is 11.3. The minimum Gasteiger partial charge on any atom is -0.358 e. The van der Waals surface area contributed by atoms with Crippen molar-refractivity contribution in [2.24, 2.45) is 0 Å². The molecule has 1 heterocycles. The first-order chi connectivity index (χ1) is 6.43. The molecule has 0 unspecified atom stereocenters. The topological polar surface area (TPSA) is 56.0 Å². The van der Waals surface area contributed by atoms with Crippen LogP contribution in [0.2, 0.25) is 5.15 Å². The van der Waals surface area contributed by atoms with Crippen LogP contribution in [0.5, 0.6) is 0 Å². The minimum atomic E-state index is -2.96. The molecule has 0 bridgehead atoms. The predicted molar refractivity (Wildman–Crippen MR) is 48.6 cm³/mol. The molecule has 0 N–H and O–H groups in total. The predicted octanol–water partition coefficient (Wildman–Crippen LogP) is 3.34. The van der Waals surface area contributed by atoms with Crippen LogP contribution in [0.15, 0.2) is 10.5 Å². The normalized spacial score (nSPS) is 10.6. The average molecular weight is 287 g/mol. The summed E-state index contributed by atoms with van der Waals surface area (Å²) < 4.78 is 24.7. The van der Waals surface area contributed by atoms with Gasteiger partial charge in [-0.25, -0.2) is 8.78 Å². The minimum absolute atomic E-state index is 0.0973. The van der Waals surface area contributed by atoms with Gasteiger partial charge in [-0.15, -0.1) is 0 Å². The van der Waals surface area contributed by atoms with Crippen molar-refractivity contribution < 1.29 is 13.7 Å². The van der Waals surface area contributed by atoms with E-state index in [1.54, 1.807) is 0 Å². The maximum Gasteiger partial charge on any atom is 0.374 e. The highest BCUT2D eigenvalue weighted by atomic mass is 79.9. The summed E-state index contributed by atoms with van der Waals surface area (Å²) in [6.07, 6.45) is -2.96. The van der Waals surface area contributed by atoms with Gasteiger partial charge in [0.05, 0.1) is 4.47 Å². The lowest BCUT2D eigenvalue weighted by Crippen LogP contribution is -1.99. The Hall–Kier alpha value is -0.820. The van der Waals surface area contributed by atoms with Gasteiger partial charge in [-0.3, -0.25) is 0 Å². The molecule has 0 aromatic carbocycles. The Bertz CT molecular complexity index is 388. The maximum absolute atomic E-state index is 12.3. The summed E-state index contributed by atoms with van der Waals surface area (Å²) in [5.74, 6) is -0.923. The van der Waals surface area contributed by atoms with E-state index in [0.29, 0.717) is 0 Å². The number of alkyl halides is 2. The third kappa shape index (κ3) is 2.16. The number of hydrogen-bond donors (Lipinski definition) is 0. The van der Waals surface area contributed by atoms with E-state index in [1.165, 1.54) is 0 Å². The quantitative estimate of drug-likeness (QED) is 0.476. The molecule has 0 saturated carbocycles. The lowest BCUT2D eigenvalue weighted by molar-refractivity contribution is -0.391. The molecule has 0 fully saturated rings. The Kier molecular flexibility index (Phi) is 3.33. The number of pyridine rings is 1. The van der Waals surface area contributed by atoms with Crippen LogP contribution in [0.3, 0.4) is 0 Å². The van der Waals surface area contributed by atoms with Gasteiger partial charge >= 0.3 is 5.82 Å². The summed E-state index contributed by atoms with van der Waals surface area (Å²) in [7, 11) is 0. The Morgan fingerprint density at radius 3 is 2.64 bits per heavy atom. The molecule has 0 aliphatic heterocycles. The standard InChI is InChI=1S/C6H2BrClF2N2O2/c7-3-1-2(5(9)10)6(12(13)14)11-4(3)8/h1,5H. The van der Waals surface area contributed by atoms with E-state index in [-0.39, 0.29) is 9.63 Å². The zero-order chi connectivity index (χ0) is 10.9. The van der Waals surface area contributed by atoms with E-state index in [4.69, 9.17) is 11.6 Å². The molecule has 76 valence electrons. The van der Waals surface area contributed by atoms with Crippen LogP contribution < -0.4 is 0 Å². The molecule has 8 heteroatoms. The summed E-state index contributed by atoms with van der Waals surface area (Å²) in [5, 5.41) is 10.1. The Morgan fingerprint density at radius 1 is 1.64 bits per heavy atom. The van der Waals surface area contributed by atoms with Crippen molar-refractivity contribution in [3.05, 3.63) is 31.4 Å². The Labute approximate surface area is 90.2 Å². The fourth-order valence-electron chi connectivity index (χ4n) is 0.778. The van der Waals surface area contributed by atoms with Crippen LogP contribution in [0.25, 0.3) is 0 Å². The first-order valence-corrected chi connectivity index (χ1v) is 4.39. The molecule has 14 heavy (non-hydrogen) atoms. The van der Waals surface area contributed by atoms with Crippen molar-refractivity contribution in [2.45, 2.75) is 6.43 Å². The first-order valence-electron chi connectivity index (χ1n) is 3.22. The van der Waals surface area contributed by atoms with Crippen molar-refractivity contribution in [2.75, 3.05) is 0 Å². The van der Waals surface area contributed by atoms with Gasteiger partial charge in [-0.1, -0.05) is 0 Å². The number of nitro groups is 1. The van der Waals surface area contributed by atoms with Gasteiger partial charge in [-0.05, 0) is 43.5 Å². The summed E-state index contributed by atoms with van der Waals surface area (Å²) in [6.45, 7) is 0. The van der Waals surface area contributed by atoms with Gasteiger partial charge in [0.2, 0.25) is 0 Å². The van der Waals surface area contributed by atoms with E-state index in [0.717, 1.165) is 6.07 Å². The van der Waals surface area contributed by atoms with Gasteiger partial charge in [0.1, 0.15) is 5.56 Å². The molecule has 1 aromatic heterocycles. The summed E-state index contributed by atoms with van der Waals surface area (Å²) >= 11 is 8.27. The molecule has 1 aromatic rings. The van der Waals surface area contributed by atoms with Crippen LogP contribution in [0, 0.1) is 10.1 Å². The van der Waals surface area contributed by atoms with Gasteiger partial charge in [0.25, 0.3) is 11.6 Å². The summed E-state index contributed by atoms with van der Waals surface area (Å²) in [5.41, 5.74) is -0.758. The Morgan fingerprint density at radius 2 is 2.21 bits per heavy atom. The highest BCUT2D eigenvalue weighted by Gasteiger charge is 2.25. The fraction of sp³-hybridized carbons (Fsp3) is 0.167. The largest absolute Gasteiger partial charge is 0.374 e. The molecule has 4 nitrogen and oxygen atoms in total. The SMILES string of the molecule is O=[N+]([O-])c1nc(Cl)c(Br)cc1C(F)F. The fourth-order valence-corrected chi connectivity index (χ4v) is 1.25. The second-order valence-electron chi connectivity index (χ2n) is 2.23. The highest BCUT2D eigenvalue weighted by Crippen LogP contribution is 2.32.